The number of nitrogens with zero attached hydrogens (tertiary/aromatic N) is 2. The van der Waals surface area contributed by atoms with E-state index in [2.05, 4.69) is 5.32 Å². The minimum Gasteiger partial charge on any atom is -0.495 e. The molecule has 0 aliphatic rings. The van der Waals surface area contributed by atoms with Crippen LogP contribution in [0.4, 0.5) is 10.1 Å². The number of para-hydroxylation sites is 2. The molecule has 0 saturated heterocycles. The van der Waals surface area contributed by atoms with Crippen molar-refractivity contribution in [2.45, 2.75) is 45.8 Å². The fourth-order valence-corrected chi connectivity index (χ4v) is 4.12. The third kappa shape index (κ3) is 7.18. The molecule has 0 saturated carbocycles. The molecule has 0 spiro atoms. The molecule has 2 atom stereocenters. The number of hydrogen-bond acceptors (Lipinski definition) is 5. The van der Waals surface area contributed by atoms with Gasteiger partial charge in [0, 0.05) is 12.6 Å². The van der Waals surface area contributed by atoms with E-state index >= 15 is 0 Å². The van der Waals surface area contributed by atoms with Gasteiger partial charge in [0.1, 0.15) is 24.2 Å². The number of methoxy groups -OCH3 is 1. The summed E-state index contributed by atoms with van der Waals surface area (Å²) in [5.74, 6) is -1.10. The maximum Gasteiger partial charge on any atom is 0.244 e. The zero-order chi connectivity index (χ0) is 25.5. The molecule has 2 unspecified atom stereocenters. The number of halogens is 1. The quantitative estimate of drug-likeness (QED) is 0.519. The second kappa shape index (κ2) is 11.8. The van der Waals surface area contributed by atoms with Gasteiger partial charge in [-0.2, -0.15) is 0 Å². The molecule has 0 aliphatic heterocycles. The highest BCUT2D eigenvalue weighted by Crippen LogP contribution is 2.29. The monoisotopic (exact) mass is 493 g/mol. The SMILES string of the molecule is CCC(C)NC(=O)C(C)N(Cc1ccc(F)cc1)C(=O)CN(c1ccccc1OC)S(C)(=O)=O. The standard InChI is InChI=1S/C24H32FN3O5S/c1-6-17(2)26-24(30)18(3)27(15-19-11-13-20(25)14-12-19)23(29)16-28(34(5,31)32)21-9-7-8-10-22(21)33-4/h7-14,17-18H,6,15-16H2,1-5H3,(H,26,30). The van der Waals surface area contributed by atoms with Crippen molar-refractivity contribution < 1.29 is 27.1 Å². The van der Waals surface area contributed by atoms with Crippen LogP contribution in [-0.4, -0.2) is 57.1 Å². The molecule has 8 nitrogen and oxygen atoms in total. The number of nitrogens with one attached hydrogen (secondary N) is 1. The van der Waals surface area contributed by atoms with Crippen molar-refractivity contribution in [3.63, 3.8) is 0 Å². The minimum atomic E-state index is -3.87. The van der Waals surface area contributed by atoms with Crippen molar-refractivity contribution in [1.82, 2.24) is 10.2 Å². The minimum absolute atomic E-state index is 0.00225. The fraction of sp³-hybridized carbons (Fsp3) is 0.417. The van der Waals surface area contributed by atoms with Gasteiger partial charge >= 0.3 is 0 Å². The van der Waals surface area contributed by atoms with Crippen molar-refractivity contribution >= 4 is 27.5 Å². The summed E-state index contributed by atoms with van der Waals surface area (Å²) in [6.07, 6.45) is 1.70. The molecular weight excluding hydrogens is 461 g/mol. The summed E-state index contributed by atoms with van der Waals surface area (Å²) in [6, 6.07) is 11.0. The van der Waals surface area contributed by atoms with Crippen LogP contribution in [0.25, 0.3) is 0 Å². The van der Waals surface area contributed by atoms with Crippen LogP contribution in [0.2, 0.25) is 0 Å². The van der Waals surface area contributed by atoms with Crippen molar-refractivity contribution in [1.29, 1.82) is 0 Å². The van der Waals surface area contributed by atoms with Crippen LogP contribution in [0.5, 0.6) is 5.75 Å². The first-order valence-corrected chi connectivity index (χ1v) is 12.8. The Morgan fingerprint density at radius 2 is 1.71 bits per heavy atom. The lowest BCUT2D eigenvalue weighted by atomic mass is 10.1. The van der Waals surface area contributed by atoms with E-state index < -0.39 is 34.3 Å². The summed E-state index contributed by atoms with van der Waals surface area (Å²) in [7, 11) is -2.46. The molecular formula is C24H32FN3O5S. The highest BCUT2D eigenvalue weighted by Gasteiger charge is 2.31. The molecule has 0 bridgehead atoms. The second-order valence-corrected chi connectivity index (χ2v) is 9.99. The number of ether oxygens (including phenoxy) is 1. The number of benzene rings is 2. The van der Waals surface area contributed by atoms with E-state index in [1.165, 1.54) is 42.3 Å². The smallest absolute Gasteiger partial charge is 0.244 e. The average Bonchev–Trinajstić information content (AvgIpc) is 2.80. The third-order valence-corrected chi connectivity index (χ3v) is 6.59. The number of rotatable bonds is 11. The fourth-order valence-electron chi connectivity index (χ4n) is 3.27. The molecule has 2 aromatic rings. The van der Waals surface area contributed by atoms with E-state index in [0.29, 0.717) is 12.0 Å². The molecule has 10 heteroatoms. The molecule has 0 radical (unpaired) electrons. The molecule has 2 aromatic carbocycles. The van der Waals surface area contributed by atoms with Gasteiger partial charge < -0.3 is 15.0 Å². The van der Waals surface area contributed by atoms with E-state index in [1.807, 2.05) is 13.8 Å². The van der Waals surface area contributed by atoms with Crippen molar-refractivity contribution in [2.75, 3.05) is 24.2 Å². The summed E-state index contributed by atoms with van der Waals surface area (Å²) in [5.41, 5.74) is 0.806. The van der Waals surface area contributed by atoms with Crippen LogP contribution in [0.1, 0.15) is 32.8 Å². The number of amides is 2. The van der Waals surface area contributed by atoms with Gasteiger partial charge in [0.25, 0.3) is 0 Å². The summed E-state index contributed by atoms with van der Waals surface area (Å²) < 4.78 is 44.9. The van der Waals surface area contributed by atoms with Crippen LogP contribution in [0.3, 0.4) is 0 Å². The number of carbonyl (C=O) groups excluding carboxylic acids is 2. The zero-order valence-electron chi connectivity index (χ0n) is 20.1. The van der Waals surface area contributed by atoms with Crippen molar-refractivity contribution in [3.05, 3.63) is 59.9 Å². The predicted molar refractivity (Wildman–Crippen MR) is 129 cm³/mol. The lowest BCUT2D eigenvalue weighted by Crippen LogP contribution is -2.52. The first-order chi connectivity index (χ1) is 16.0. The molecule has 0 aromatic heterocycles. The maximum absolute atomic E-state index is 13.5. The highest BCUT2D eigenvalue weighted by atomic mass is 32.2. The number of hydrogen-bond donors (Lipinski definition) is 1. The van der Waals surface area contributed by atoms with E-state index in [9.17, 15) is 22.4 Å². The Balaban J connectivity index is 2.41. The van der Waals surface area contributed by atoms with E-state index in [4.69, 9.17) is 4.74 Å². The molecule has 2 rings (SSSR count). The van der Waals surface area contributed by atoms with E-state index in [1.54, 1.807) is 25.1 Å². The molecule has 0 aliphatic carbocycles. The largest absolute Gasteiger partial charge is 0.495 e. The molecule has 34 heavy (non-hydrogen) atoms. The van der Waals surface area contributed by atoms with Crippen LogP contribution >= 0.6 is 0 Å². The summed E-state index contributed by atoms with van der Waals surface area (Å²) in [4.78, 5) is 27.6. The van der Waals surface area contributed by atoms with Crippen LogP contribution in [-0.2, 0) is 26.2 Å². The van der Waals surface area contributed by atoms with Gasteiger partial charge in [-0.15, -0.1) is 0 Å². The van der Waals surface area contributed by atoms with Gasteiger partial charge in [-0.3, -0.25) is 13.9 Å². The number of sulfonamides is 1. The Labute approximate surface area is 200 Å². The maximum atomic E-state index is 13.5. The third-order valence-electron chi connectivity index (χ3n) is 5.47. The topological polar surface area (TPSA) is 96.0 Å². The van der Waals surface area contributed by atoms with Gasteiger partial charge in [-0.1, -0.05) is 31.2 Å². The second-order valence-electron chi connectivity index (χ2n) is 8.08. The molecule has 0 fully saturated rings. The molecule has 186 valence electrons. The zero-order valence-corrected chi connectivity index (χ0v) is 20.9. The highest BCUT2D eigenvalue weighted by molar-refractivity contribution is 7.92. The van der Waals surface area contributed by atoms with Gasteiger partial charge in [-0.05, 0) is 50.1 Å². The van der Waals surface area contributed by atoms with Crippen LogP contribution < -0.4 is 14.4 Å². The summed E-state index contributed by atoms with van der Waals surface area (Å²) >= 11 is 0. The summed E-state index contributed by atoms with van der Waals surface area (Å²) in [6.45, 7) is 4.81. The van der Waals surface area contributed by atoms with Gasteiger partial charge in [-0.25, -0.2) is 12.8 Å². The number of carbonyl (C=O) groups is 2. The number of anilines is 1. The van der Waals surface area contributed by atoms with Gasteiger partial charge in [0.05, 0.1) is 19.1 Å². The van der Waals surface area contributed by atoms with Crippen molar-refractivity contribution in [2.24, 2.45) is 0 Å². The Bertz CT molecular complexity index is 1090. The first-order valence-electron chi connectivity index (χ1n) is 10.9. The molecule has 0 heterocycles. The Hall–Kier alpha value is -3.14. The van der Waals surface area contributed by atoms with E-state index in [-0.39, 0.29) is 29.9 Å². The van der Waals surface area contributed by atoms with Crippen LogP contribution in [0, 0.1) is 5.82 Å². The summed E-state index contributed by atoms with van der Waals surface area (Å²) in [5, 5.41) is 2.85. The lowest BCUT2D eigenvalue weighted by Gasteiger charge is -2.32. The average molecular weight is 494 g/mol. The Morgan fingerprint density at radius 3 is 2.26 bits per heavy atom. The molecule has 1 N–H and O–H groups in total. The first kappa shape index (κ1) is 27.1. The van der Waals surface area contributed by atoms with Crippen molar-refractivity contribution in [3.8, 4) is 5.75 Å². The molecule has 2 amide bonds. The Morgan fingerprint density at radius 1 is 1.09 bits per heavy atom. The van der Waals surface area contributed by atoms with Gasteiger partial charge in [0.15, 0.2) is 0 Å². The Kier molecular flexibility index (Phi) is 9.43. The van der Waals surface area contributed by atoms with Gasteiger partial charge in [0.2, 0.25) is 21.8 Å². The lowest BCUT2D eigenvalue weighted by molar-refractivity contribution is -0.139. The van der Waals surface area contributed by atoms with E-state index in [0.717, 1.165) is 10.6 Å². The normalized spacial score (nSPS) is 13.0. The van der Waals surface area contributed by atoms with Crippen LogP contribution in [0.15, 0.2) is 48.5 Å². The predicted octanol–water partition coefficient (Wildman–Crippen LogP) is 2.93.